The molecule has 5 nitrogen and oxygen atoms in total. The lowest BCUT2D eigenvalue weighted by Crippen LogP contribution is -2.56. The van der Waals surface area contributed by atoms with Crippen LogP contribution in [-0.2, 0) is 4.79 Å². The number of piperidine rings is 1. The van der Waals surface area contributed by atoms with Crippen LogP contribution in [0.4, 0.5) is 0 Å². The maximum atomic E-state index is 10.7. The van der Waals surface area contributed by atoms with E-state index in [-0.39, 0.29) is 18.9 Å². The Bertz CT molecular complexity index is 161. The summed E-state index contributed by atoms with van der Waals surface area (Å²) in [4.78, 5) is 10.7. The molecule has 0 aliphatic carbocycles. The van der Waals surface area contributed by atoms with E-state index >= 15 is 0 Å². The molecule has 1 aliphatic heterocycles. The van der Waals surface area contributed by atoms with Crippen LogP contribution in [0, 0.1) is 0 Å². The van der Waals surface area contributed by atoms with Gasteiger partial charge in [0, 0.05) is 0 Å². The van der Waals surface area contributed by atoms with Crippen LogP contribution in [0.2, 0.25) is 0 Å². The SMILES string of the molecule is O=C1C[C@@H](O)[C@H](O)[C@@H](CO)N1. The zero-order valence-corrected chi connectivity index (χ0v) is 5.90. The molecule has 3 atom stereocenters. The second-order valence-electron chi connectivity index (χ2n) is 2.62. The summed E-state index contributed by atoms with van der Waals surface area (Å²) in [7, 11) is 0. The summed E-state index contributed by atoms with van der Waals surface area (Å²) < 4.78 is 0. The van der Waals surface area contributed by atoms with Gasteiger partial charge < -0.3 is 20.6 Å². The molecule has 0 aromatic heterocycles. The van der Waals surface area contributed by atoms with Gasteiger partial charge in [-0.2, -0.15) is 0 Å². The van der Waals surface area contributed by atoms with E-state index in [1.54, 1.807) is 0 Å². The quantitative estimate of drug-likeness (QED) is 0.345. The third-order valence-corrected chi connectivity index (χ3v) is 1.74. The summed E-state index contributed by atoms with van der Waals surface area (Å²) >= 11 is 0. The minimum absolute atomic E-state index is 0.0995. The number of carbonyl (C=O) groups excluding carboxylic acids is 1. The number of aliphatic hydroxyl groups is 3. The molecule has 0 aromatic carbocycles. The average Bonchev–Trinajstić information content (AvgIpc) is 1.96. The van der Waals surface area contributed by atoms with E-state index in [0.717, 1.165) is 0 Å². The van der Waals surface area contributed by atoms with E-state index in [2.05, 4.69) is 5.32 Å². The van der Waals surface area contributed by atoms with Crippen LogP contribution in [0.25, 0.3) is 0 Å². The van der Waals surface area contributed by atoms with Crippen molar-refractivity contribution in [2.24, 2.45) is 0 Å². The maximum absolute atomic E-state index is 10.7. The van der Waals surface area contributed by atoms with Crippen LogP contribution < -0.4 is 5.32 Å². The maximum Gasteiger partial charge on any atom is 0.223 e. The highest BCUT2D eigenvalue weighted by atomic mass is 16.3. The van der Waals surface area contributed by atoms with E-state index < -0.39 is 18.2 Å². The Labute approximate surface area is 63.7 Å². The van der Waals surface area contributed by atoms with Crippen LogP contribution in [0.15, 0.2) is 0 Å². The van der Waals surface area contributed by atoms with Crippen molar-refractivity contribution in [3.8, 4) is 0 Å². The van der Waals surface area contributed by atoms with E-state index in [1.807, 2.05) is 0 Å². The molecule has 0 bridgehead atoms. The van der Waals surface area contributed by atoms with E-state index in [4.69, 9.17) is 15.3 Å². The van der Waals surface area contributed by atoms with Crippen LogP contribution in [-0.4, -0.2) is 46.1 Å². The van der Waals surface area contributed by atoms with Crippen LogP contribution in [0.1, 0.15) is 6.42 Å². The lowest BCUT2D eigenvalue weighted by Gasteiger charge is -2.30. The van der Waals surface area contributed by atoms with Gasteiger partial charge in [-0.3, -0.25) is 4.79 Å². The van der Waals surface area contributed by atoms with Crippen LogP contribution in [0.3, 0.4) is 0 Å². The van der Waals surface area contributed by atoms with E-state index in [9.17, 15) is 4.79 Å². The first-order valence-corrected chi connectivity index (χ1v) is 3.41. The molecular formula is C6H11NO4. The molecule has 1 heterocycles. The molecule has 1 fully saturated rings. The summed E-state index contributed by atoms with van der Waals surface area (Å²) in [6.45, 7) is -0.357. The molecule has 1 rings (SSSR count). The Morgan fingerprint density at radius 3 is 2.73 bits per heavy atom. The number of carbonyl (C=O) groups is 1. The van der Waals surface area contributed by atoms with Crippen molar-refractivity contribution < 1.29 is 20.1 Å². The molecule has 0 unspecified atom stereocenters. The first-order chi connectivity index (χ1) is 5.15. The van der Waals surface area contributed by atoms with Gasteiger partial charge in [-0.25, -0.2) is 0 Å². The predicted octanol–water partition coefficient (Wildman–Crippen LogP) is -2.41. The summed E-state index contributed by atoms with van der Waals surface area (Å²) in [5, 5.41) is 29.1. The third kappa shape index (κ3) is 1.68. The molecular weight excluding hydrogens is 150 g/mol. The van der Waals surface area contributed by atoms with Crippen molar-refractivity contribution in [3.05, 3.63) is 0 Å². The van der Waals surface area contributed by atoms with Crippen molar-refractivity contribution in [2.75, 3.05) is 6.61 Å². The van der Waals surface area contributed by atoms with E-state index in [1.165, 1.54) is 0 Å². The van der Waals surface area contributed by atoms with Crippen molar-refractivity contribution in [1.29, 1.82) is 0 Å². The van der Waals surface area contributed by atoms with Gasteiger partial charge in [-0.15, -0.1) is 0 Å². The number of aliphatic hydroxyl groups excluding tert-OH is 3. The zero-order valence-electron chi connectivity index (χ0n) is 5.90. The number of amides is 1. The Hall–Kier alpha value is -0.650. The van der Waals surface area contributed by atoms with Gasteiger partial charge >= 0.3 is 0 Å². The third-order valence-electron chi connectivity index (χ3n) is 1.74. The van der Waals surface area contributed by atoms with Gasteiger partial charge in [0.15, 0.2) is 0 Å². The molecule has 0 radical (unpaired) electrons. The van der Waals surface area contributed by atoms with Gasteiger partial charge in [-0.05, 0) is 0 Å². The minimum atomic E-state index is -1.06. The fourth-order valence-electron chi connectivity index (χ4n) is 1.08. The first kappa shape index (κ1) is 8.45. The highest BCUT2D eigenvalue weighted by Crippen LogP contribution is 2.09. The molecule has 5 heteroatoms. The molecule has 11 heavy (non-hydrogen) atoms. The Morgan fingerprint density at radius 2 is 2.18 bits per heavy atom. The van der Waals surface area contributed by atoms with Crippen molar-refractivity contribution in [1.82, 2.24) is 5.32 Å². The minimum Gasteiger partial charge on any atom is -0.394 e. The van der Waals surface area contributed by atoms with E-state index in [0.29, 0.717) is 0 Å². The smallest absolute Gasteiger partial charge is 0.223 e. The summed E-state index contributed by atoms with van der Waals surface area (Å²) in [6, 6.07) is -0.730. The second-order valence-corrected chi connectivity index (χ2v) is 2.62. The average molecular weight is 161 g/mol. The zero-order chi connectivity index (χ0) is 8.43. The predicted molar refractivity (Wildman–Crippen MR) is 35.6 cm³/mol. The number of hydrogen-bond donors (Lipinski definition) is 4. The Balaban J connectivity index is 2.58. The molecule has 4 N–H and O–H groups in total. The lowest BCUT2D eigenvalue weighted by molar-refractivity contribution is -0.134. The van der Waals surface area contributed by atoms with Crippen LogP contribution >= 0.6 is 0 Å². The second kappa shape index (κ2) is 3.17. The number of nitrogens with one attached hydrogen (secondary N) is 1. The normalized spacial score (nSPS) is 38.5. The van der Waals surface area contributed by atoms with Gasteiger partial charge in [-0.1, -0.05) is 0 Å². The molecule has 0 saturated carbocycles. The summed E-state index contributed by atoms with van der Waals surface area (Å²) in [6.07, 6.45) is -2.21. The van der Waals surface area contributed by atoms with Gasteiger partial charge in [0.05, 0.1) is 25.2 Å². The summed E-state index contributed by atoms with van der Waals surface area (Å²) in [5.41, 5.74) is 0. The van der Waals surface area contributed by atoms with Crippen molar-refractivity contribution >= 4 is 5.91 Å². The first-order valence-electron chi connectivity index (χ1n) is 3.41. The number of rotatable bonds is 1. The fourth-order valence-corrected chi connectivity index (χ4v) is 1.08. The van der Waals surface area contributed by atoms with Gasteiger partial charge in [0.2, 0.25) is 5.91 Å². The number of hydrogen-bond acceptors (Lipinski definition) is 4. The molecule has 1 saturated heterocycles. The Morgan fingerprint density at radius 1 is 1.55 bits per heavy atom. The standard InChI is InChI=1S/C6H11NO4/c8-2-3-6(11)4(9)1-5(10)7-3/h3-4,6,8-9,11H,1-2H2,(H,7,10)/t3-,4-,6-/m1/s1. The lowest BCUT2D eigenvalue weighted by atomic mass is 9.99. The monoisotopic (exact) mass is 161 g/mol. The van der Waals surface area contributed by atoms with Gasteiger partial charge in [0.1, 0.15) is 6.10 Å². The molecule has 0 aromatic rings. The highest BCUT2D eigenvalue weighted by molar-refractivity contribution is 5.78. The van der Waals surface area contributed by atoms with Gasteiger partial charge in [0.25, 0.3) is 0 Å². The Kier molecular flexibility index (Phi) is 2.43. The highest BCUT2D eigenvalue weighted by Gasteiger charge is 2.33. The molecule has 64 valence electrons. The van der Waals surface area contributed by atoms with Crippen molar-refractivity contribution in [3.63, 3.8) is 0 Å². The summed E-state index contributed by atoms with van der Waals surface area (Å²) in [5.74, 6) is -0.346. The molecule has 0 spiro atoms. The fraction of sp³-hybridized carbons (Fsp3) is 0.833. The molecule has 1 amide bonds. The topological polar surface area (TPSA) is 89.8 Å². The van der Waals surface area contributed by atoms with Crippen LogP contribution in [0.5, 0.6) is 0 Å². The van der Waals surface area contributed by atoms with Crippen molar-refractivity contribution in [2.45, 2.75) is 24.7 Å². The largest absolute Gasteiger partial charge is 0.394 e. The molecule has 1 aliphatic rings.